The van der Waals surface area contributed by atoms with Gasteiger partial charge in [-0.15, -0.1) is 11.3 Å². The Morgan fingerprint density at radius 1 is 1.10 bits per heavy atom. The fourth-order valence-corrected chi connectivity index (χ4v) is 4.64. The molecule has 3 N–H and O–H groups in total. The summed E-state index contributed by atoms with van der Waals surface area (Å²) in [5, 5.41) is 18.4. The van der Waals surface area contributed by atoms with Gasteiger partial charge in [0.25, 0.3) is 0 Å². The van der Waals surface area contributed by atoms with E-state index >= 15 is 0 Å². The molecule has 2 heterocycles. The summed E-state index contributed by atoms with van der Waals surface area (Å²) in [7, 11) is 0. The number of nitrogens with zero attached hydrogens (tertiary/aromatic N) is 1. The molecule has 172 valence electrons. The zero-order chi connectivity index (χ0) is 22.8. The number of hydrogen-bond acceptors (Lipinski definition) is 8. The average molecular weight is 457 g/mol. The highest BCUT2D eigenvalue weighted by molar-refractivity contribution is 7.17. The Kier molecular flexibility index (Phi) is 9.89. The molecule has 0 atom stereocenters. The number of thiophene rings is 1. The Morgan fingerprint density at radius 3 is 2.35 bits per heavy atom. The van der Waals surface area contributed by atoms with Crippen LogP contribution in [0.2, 0.25) is 0 Å². The molecule has 3 rings (SSSR count). The summed E-state index contributed by atoms with van der Waals surface area (Å²) in [6.45, 7) is 6.06. The Hall–Kier alpha value is -2.50. The van der Waals surface area contributed by atoms with Crippen LogP contribution in [0.5, 0.6) is 0 Å². The molecule has 10 nitrogen and oxygen atoms in total. The highest BCUT2D eigenvalue weighted by Gasteiger charge is 2.27. The Labute approximate surface area is 184 Å². The third-order valence-electron chi connectivity index (χ3n) is 4.85. The molecule has 1 aliphatic carbocycles. The van der Waals surface area contributed by atoms with Crippen LogP contribution in [-0.4, -0.2) is 78.4 Å². The molecule has 0 spiro atoms. The lowest BCUT2D eigenvalue weighted by Gasteiger charge is -2.26. The quantitative estimate of drug-likeness (QED) is 0.430. The first kappa shape index (κ1) is 24.8. The molecule has 1 saturated heterocycles. The van der Waals surface area contributed by atoms with Crippen LogP contribution in [0.25, 0.3) is 0 Å². The Balaban J connectivity index is 0.000000501. The topological polar surface area (TPSA) is 142 Å². The van der Waals surface area contributed by atoms with Crippen molar-refractivity contribution in [3.8, 4) is 0 Å². The molecule has 0 saturated carbocycles. The van der Waals surface area contributed by atoms with Crippen LogP contribution < -0.4 is 5.32 Å². The normalized spacial score (nSPS) is 15.8. The van der Waals surface area contributed by atoms with Gasteiger partial charge in [0.05, 0.1) is 25.4 Å². The second kappa shape index (κ2) is 12.4. The van der Waals surface area contributed by atoms with Crippen LogP contribution in [0.15, 0.2) is 0 Å². The van der Waals surface area contributed by atoms with Gasteiger partial charge in [0.2, 0.25) is 5.91 Å². The van der Waals surface area contributed by atoms with Crippen molar-refractivity contribution in [2.24, 2.45) is 0 Å². The first-order valence-electron chi connectivity index (χ1n) is 10.2. The van der Waals surface area contributed by atoms with Crippen molar-refractivity contribution in [2.75, 3.05) is 44.8 Å². The number of esters is 1. The zero-order valence-electron chi connectivity index (χ0n) is 17.5. The summed E-state index contributed by atoms with van der Waals surface area (Å²) in [6, 6.07) is 0. The number of aryl methyl sites for hydroxylation is 1. The van der Waals surface area contributed by atoms with Crippen molar-refractivity contribution >= 4 is 40.2 Å². The number of carboxylic acid groups (broad SMARTS) is 2. The molecular weight excluding hydrogens is 428 g/mol. The number of anilines is 1. The summed E-state index contributed by atoms with van der Waals surface area (Å²) in [6.07, 6.45) is 4.52. The predicted octanol–water partition coefficient (Wildman–Crippen LogP) is 1.62. The Bertz CT molecular complexity index is 789. The molecule has 11 heteroatoms. The number of amides is 1. The van der Waals surface area contributed by atoms with Gasteiger partial charge in [-0.05, 0) is 38.2 Å². The van der Waals surface area contributed by atoms with Crippen molar-refractivity contribution in [3.05, 3.63) is 16.0 Å². The van der Waals surface area contributed by atoms with Crippen molar-refractivity contribution in [1.29, 1.82) is 0 Å². The van der Waals surface area contributed by atoms with Crippen LogP contribution in [0.4, 0.5) is 5.00 Å². The van der Waals surface area contributed by atoms with Crippen LogP contribution in [-0.2, 0) is 36.7 Å². The van der Waals surface area contributed by atoms with E-state index in [1.54, 1.807) is 6.92 Å². The number of ether oxygens (including phenoxy) is 2. The van der Waals surface area contributed by atoms with Crippen LogP contribution in [0, 0.1) is 0 Å². The summed E-state index contributed by atoms with van der Waals surface area (Å²) >= 11 is 1.54. The van der Waals surface area contributed by atoms with Crippen LogP contribution in [0.1, 0.15) is 47.0 Å². The number of rotatable bonds is 6. The first-order valence-corrected chi connectivity index (χ1v) is 11.0. The minimum atomic E-state index is -1.82. The van der Waals surface area contributed by atoms with Gasteiger partial charge in [-0.1, -0.05) is 0 Å². The van der Waals surface area contributed by atoms with E-state index in [9.17, 15) is 9.59 Å². The fourth-order valence-electron chi connectivity index (χ4n) is 3.35. The lowest BCUT2D eigenvalue weighted by molar-refractivity contribution is -0.159. The number of carbonyl (C=O) groups is 4. The van der Waals surface area contributed by atoms with Crippen molar-refractivity contribution in [1.82, 2.24) is 4.90 Å². The zero-order valence-corrected chi connectivity index (χ0v) is 18.3. The highest BCUT2D eigenvalue weighted by Crippen LogP contribution is 2.38. The fraction of sp³-hybridized carbons (Fsp3) is 0.600. The van der Waals surface area contributed by atoms with E-state index in [2.05, 4.69) is 10.2 Å². The molecule has 1 aliphatic heterocycles. The van der Waals surface area contributed by atoms with E-state index in [-0.39, 0.29) is 11.9 Å². The minimum Gasteiger partial charge on any atom is -0.473 e. The number of hydrogen-bond donors (Lipinski definition) is 3. The summed E-state index contributed by atoms with van der Waals surface area (Å²) < 4.78 is 10.5. The molecule has 31 heavy (non-hydrogen) atoms. The number of morpholine rings is 1. The van der Waals surface area contributed by atoms with Gasteiger partial charge in [-0.3, -0.25) is 9.69 Å². The molecule has 2 aliphatic rings. The van der Waals surface area contributed by atoms with E-state index < -0.39 is 11.9 Å². The smallest absolute Gasteiger partial charge is 0.414 e. The maximum absolute atomic E-state index is 12.4. The molecule has 0 radical (unpaired) electrons. The molecule has 0 unspecified atom stereocenters. The molecule has 0 aromatic carbocycles. The third-order valence-corrected chi connectivity index (χ3v) is 6.05. The maximum atomic E-state index is 12.4. The summed E-state index contributed by atoms with van der Waals surface area (Å²) in [4.78, 5) is 46.4. The largest absolute Gasteiger partial charge is 0.473 e. The van der Waals surface area contributed by atoms with E-state index in [4.69, 9.17) is 29.3 Å². The standard InChI is InChI=1S/C18H26N2O4S.C2H2O4/c1-2-24-18(22)16-13-5-3-4-6-14(13)25-17(16)19-15(21)7-8-20-9-11-23-12-10-20;3-1(4)2(5)6/h2-12H2,1H3,(H,19,21);(H,3,4)(H,5,6). The number of nitrogens with one attached hydrogen (secondary N) is 1. The lowest BCUT2D eigenvalue weighted by atomic mass is 9.95. The molecule has 1 amide bonds. The predicted molar refractivity (Wildman–Crippen MR) is 113 cm³/mol. The number of fused-ring (bicyclic) bond motifs is 1. The molecule has 1 aromatic rings. The van der Waals surface area contributed by atoms with E-state index in [0.29, 0.717) is 23.6 Å². The number of carboxylic acids is 2. The number of aliphatic carboxylic acids is 2. The van der Waals surface area contributed by atoms with Crippen LogP contribution >= 0.6 is 11.3 Å². The number of carbonyl (C=O) groups excluding carboxylic acids is 2. The molecule has 1 fully saturated rings. The minimum absolute atomic E-state index is 0.0457. The first-order chi connectivity index (χ1) is 14.8. The van der Waals surface area contributed by atoms with Crippen molar-refractivity contribution < 1.29 is 38.9 Å². The molecule has 0 bridgehead atoms. The SMILES string of the molecule is CCOC(=O)c1c(NC(=O)CCN2CCOCC2)sc2c1CCCC2.O=C(O)C(=O)O. The maximum Gasteiger partial charge on any atom is 0.414 e. The second-order valence-electron chi connectivity index (χ2n) is 7.00. The Morgan fingerprint density at radius 2 is 1.74 bits per heavy atom. The van der Waals surface area contributed by atoms with Gasteiger partial charge in [-0.2, -0.15) is 0 Å². The van der Waals surface area contributed by atoms with Gasteiger partial charge in [-0.25, -0.2) is 14.4 Å². The average Bonchev–Trinajstić information content (AvgIpc) is 3.11. The van der Waals surface area contributed by atoms with Crippen molar-refractivity contribution in [3.63, 3.8) is 0 Å². The van der Waals surface area contributed by atoms with E-state index in [1.807, 2.05) is 0 Å². The van der Waals surface area contributed by atoms with Gasteiger partial charge in [0, 0.05) is 30.9 Å². The summed E-state index contributed by atoms with van der Waals surface area (Å²) in [5.41, 5.74) is 1.67. The molecule has 1 aromatic heterocycles. The second-order valence-corrected chi connectivity index (χ2v) is 8.10. The monoisotopic (exact) mass is 456 g/mol. The highest BCUT2D eigenvalue weighted by atomic mass is 32.1. The molecular formula is C20H28N2O8S. The van der Waals surface area contributed by atoms with Gasteiger partial charge < -0.3 is 25.0 Å². The van der Waals surface area contributed by atoms with Crippen molar-refractivity contribution in [2.45, 2.75) is 39.0 Å². The van der Waals surface area contributed by atoms with Crippen LogP contribution in [0.3, 0.4) is 0 Å². The van der Waals surface area contributed by atoms with Gasteiger partial charge >= 0.3 is 17.9 Å². The third kappa shape index (κ3) is 7.60. The summed E-state index contributed by atoms with van der Waals surface area (Å²) in [5.74, 6) is -4.01. The van der Waals surface area contributed by atoms with E-state index in [0.717, 1.165) is 64.1 Å². The van der Waals surface area contributed by atoms with Gasteiger partial charge in [0.1, 0.15) is 5.00 Å². The lowest BCUT2D eigenvalue weighted by Crippen LogP contribution is -2.38. The van der Waals surface area contributed by atoms with Gasteiger partial charge in [0.15, 0.2) is 0 Å². The van der Waals surface area contributed by atoms with E-state index in [1.165, 1.54) is 16.2 Å².